The standard InChI is InChI=1S/C10H15NO3/c1-14-9(13)10-5-2-4-8(12)11(10)7-3-6-10/h2-7H2,1H3. The number of nitrogens with zero attached hydrogens (tertiary/aromatic N) is 1. The van der Waals surface area contributed by atoms with E-state index in [1.165, 1.54) is 7.11 Å². The number of hydrogen-bond acceptors (Lipinski definition) is 3. The lowest BCUT2D eigenvalue weighted by Crippen LogP contribution is -2.56. The summed E-state index contributed by atoms with van der Waals surface area (Å²) in [6.45, 7) is 0.716. The Morgan fingerprint density at radius 2 is 2.14 bits per heavy atom. The van der Waals surface area contributed by atoms with Gasteiger partial charge >= 0.3 is 5.97 Å². The molecule has 0 saturated carbocycles. The number of esters is 1. The molecule has 2 saturated heterocycles. The molecule has 0 aromatic heterocycles. The van der Waals surface area contributed by atoms with Crippen molar-refractivity contribution in [1.29, 1.82) is 0 Å². The van der Waals surface area contributed by atoms with Crippen LogP contribution >= 0.6 is 0 Å². The van der Waals surface area contributed by atoms with Crippen molar-refractivity contribution < 1.29 is 14.3 Å². The van der Waals surface area contributed by atoms with Gasteiger partial charge in [-0.05, 0) is 25.7 Å². The van der Waals surface area contributed by atoms with Crippen molar-refractivity contribution in [2.24, 2.45) is 0 Å². The fourth-order valence-electron chi connectivity index (χ4n) is 2.67. The molecule has 1 amide bonds. The number of hydrogen-bond donors (Lipinski definition) is 0. The maximum Gasteiger partial charge on any atom is 0.331 e. The predicted octanol–water partition coefficient (Wildman–Crippen LogP) is 0.704. The summed E-state index contributed by atoms with van der Waals surface area (Å²) in [7, 11) is 1.40. The van der Waals surface area contributed by atoms with Gasteiger partial charge < -0.3 is 9.64 Å². The lowest BCUT2D eigenvalue weighted by molar-refractivity contribution is -0.162. The van der Waals surface area contributed by atoms with Crippen LogP contribution in [-0.4, -0.2) is 36.0 Å². The van der Waals surface area contributed by atoms with Gasteiger partial charge in [-0.3, -0.25) is 4.79 Å². The number of carbonyl (C=O) groups is 2. The van der Waals surface area contributed by atoms with Crippen molar-refractivity contribution in [3.63, 3.8) is 0 Å². The first kappa shape index (κ1) is 9.49. The van der Waals surface area contributed by atoms with Crippen LogP contribution in [0.3, 0.4) is 0 Å². The third-order valence-electron chi connectivity index (χ3n) is 3.34. The van der Waals surface area contributed by atoms with E-state index in [2.05, 4.69) is 0 Å². The molecular weight excluding hydrogens is 182 g/mol. The Balaban J connectivity index is 2.29. The average Bonchev–Trinajstić information content (AvgIpc) is 2.63. The van der Waals surface area contributed by atoms with E-state index in [1.807, 2.05) is 0 Å². The number of ether oxygens (including phenoxy) is 1. The quantitative estimate of drug-likeness (QED) is 0.581. The molecule has 0 aromatic carbocycles. The Labute approximate surface area is 83.2 Å². The van der Waals surface area contributed by atoms with Crippen LogP contribution in [0.4, 0.5) is 0 Å². The largest absolute Gasteiger partial charge is 0.467 e. The van der Waals surface area contributed by atoms with Crippen LogP contribution in [0.5, 0.6) is 0 Å². The molecule has 0 N–H and O–H groups in total. The van der Waals surface area contributed by atoms with Crippen LogP contribution in [0.2, 0.25) is 0 Å². The molecule has 1 atom stereocenters. The molecular formula is C10H15NO3. The first-order valence-electron chi connectivity index (χ1n) is 5.09. The highest BCUT2D eigenvalue weighted by Crippen LogP contribution is 2.38. The zero-order valence-electron chi connectivity index (χ0n) is 8.41. The number of piperidine rings is 1. The fraction of sp³-hybridized carbons (Fsp3) is 0.800. The first-order chi connectivity index (χ1) is 6.70. The van der Waals surface area contributed by atoms with Crippen molar-refractivity contribution in [2.45, 2.75) is 37.6 Å². The Bertz CT molecular complexity index is 277. The number of carbonyl (C=O) groups excluding carboxylic acids is 2. The van der Waals surface area contributed by atoms with Gasteiger partial charge in [-0.1, -0.05) is 0 Å². The molecule has 78 valence electrons. The highest BCUT2D eigenvalue weighted by molar-refractivity contribution is 5.90. The van der Waals surface area contributed by atoms with Gasteiger partial charge in [0.05, 0.1) is 7.11 Å². The minimum absolute atomic E-state index is 0.110. The molecule has 4 heteroatoms. The maximum absolute atomic E-state index is 11.7. The van der Waals surface area contributed by atoms with Gasteiger partial charge in [0.15, 0.2) is 0 Å². The van der Waals surface area contributed by atoms with Crippen molar-refractivity contribution in [1.82, 2.24) is 4.90 Å². The summed E-state index contributed by atoms with van der Waals surface area (Å²) in [6.07, 6.45) is 3.85. The van der Waals surface area contributed by atoms with Crippen LogP contribution in [0.15, 0.2) is 0 Å². The molecule has 2 aliphatic rings. The molecule has 0 spiro atoms. The van der Waals surface area contributed by atoms with E-state index in [-0.39, 0.29) is 11.9 Å². The summed E-state index contributed by atoms with van der Waals surface area (Å²) in [5.74, 6) is -0.123. The summed E-state index contributed by atoms with van der Waals surface area (Å²) in [5.41, 5.74) is -0.607. The summed E-state index contributed by atoms with van der Waals surface area (Å²) < 4.78 is 4.81. The van der Waals surface area contributed by atoms with Crippen LogP contribution in [0.1, 0.15) is 32.1 Å². The lowest BCUT2D eigenvalue weighted by atomic mass is 9.86. The fourth-order valence-corrected chi connectivity index (χ4v) is 2.67. The second-order valence-electron chi connectivity index (χ2n) is 4.03. The Hall–Kier alpha value is -1.06. The van der Waals surface area contributed by atoms with Crippen LogP contribution < -0.4 is 0 Å². The summed E-state index contributed by atoms with van der Waals surface area (Å²) in [4.78, 5) is 25.0. The molecule has 0 aromatic rings. The molecule has 0 bridgehead atoms. The van der Waals surface area contributed by atoms with E-state index in [0.717, 1.165) is 25.7 Å². The van der Waals surface area contributed by atoms with Crippen LogP contribution in [-0.2, 0) is 14.3 Å². The monoisotopic (exact) mass is 197 g/mol. The second-order valence-corrected chi connectivity index (χ2v) is 4.03. The van der Waals surface area contributed by atoms with Crippen molar-refractivity contribution in [3.05, 3.63) is 0 Å². The van der Waals surface area contributed by atoms with Gasteiger partial charge in [0.25, 0.3) is 0 Å². The first-order valence-corrected chi connectivity index (χ1v) is 5.09. The molecule has 4 nitrogen and oxygen atoms in total. The number of rotatable bonds is 1. The van der Waals surface area contributed by atoms with Gasteiger partial charge in [-0.2, -0.15) is 0 Å². The molecule has 1 unspecified atom stereocenters. The topological polar surface area (TPSA) is 46.6 Å². The van der Waals surface area contributed by atoms with E-state index >= 15 is 0 Å². The molecule has 14 heavy (non-hydrogen) atoms. The third-order valence-corrected chi connectivity index (χ3v) is 3.34. The molecule has 2 heterocycles. The molecule has 0 aliphatic carbocycles. The highest BCUT2D eigenvalue weighted by atomic mass is 16.5. The molecule has 0 radical (unpaired) electrons. The lowest BCUT2D eigenvalue weighted by Gasteiger charge is -2.39. The van der Waals surface area contributed by atoms with Crippen molar-refractivity contribution in [3.8, 4) is 0 Å². The van der Waals surface area contributed by atoms with E-state index < -0.39 is 5.54 Å². The zero-order valence-corrected chi connectivity index (χ0v) is 8.41. The Morgan fingerprint density at radius 1 is 1.43 bits per heavy atom. The molecule has 2 aliphatic heterocycles. The van der Waals surface area contributed by atoms with E-state index in [1.54, 1.807) is 4.90 Å². The SMILES string of the molecule is COC(=O)C12CCCC(=O)N1CCC2. The smallest absolute Gasteiger partial charge is 0.331 e. The zero-order chi connectivity index (χ0) is 10.2. The van der Waals surface area contributed by atoms with Crippen LogP contribution in [0, 0.1) is 0 Å². The van der Waals surface area contributed by atoms with Gasteiger partial charge in [-0.25, -0.2) is 4.79 Å². The van der Waals surface area contributed by atoms with Gasteiger partial charge in [-0.15, -0.1) is 0 Å². The Kier molecular flexibility index (Phi) is 2.21. The van der Waals surface area contributed by atoms with Gasteiger partial charge in [0, 0.05) is 13.0 Å². The number of methoxy groups -OCH3 is 1. The van der Waals surface area contributed by atoms with Gasteiger partial charge in [0.1, 0.15) is 5.54 Å². The summed E-state index contributed by atoms with van der Waals surface area (Å²) in [6, 6.07) is 0. The van der Waals surface area contributed by atoms with Crippen molar-refractivity contribution >= 4 is 11.9 Å². The minimum atomic E-state index is -0.607. The average molecular weight is 197 g/mol. The minimum Gasteiger partial charge on any atom is -0.467 e. The van der Waals surface area contributed by atoms with E-state index in [4.69, 9.17) is 4.74 Å². The van der Waals surface area contributed by atoms with Gasteiger partial charge in [0.2, 0.25) is 5.91 Å². The van der Waals surface area contributed by atoms with E-state index in [0.29, 0.717) is 13.0 Å². The highest BCUT2D eigenvalue weighted by Gasteiger charge is 2.51. The van der Waals surface area contributed by atoms with Crippen LogP contribution in [0.25, 0.3) is 0 Å². The second kappa shape index (κ2) is 3.26. The molecule has 2 rings (SSSR count). The maximum atomic E-state index is 11.7. The third kappa shape index (κ3) is 1.13. The predicted molar refractivity (Wildman–Crippen MR) is 49.5 cm³/mol. The molecule has 2 fully saturated rings. The Morgan fingerprint density at radius 3 is 2.86 bits per heavy atom. The summed E-state index contributed by atoms with van der Waals surface area (Å²) >= 11 is 0. The number of amides is 1. The normalized spacial score (nSPS) is 31.5. The van der Waals surface area contributed by atoms with Crippen molar-refractivity contribution in [2.75, 3.05) is 13.7 Å². The number of fused-ring (bicyclic) bond motifs is 1. The summed E-state index contributed by atoms with van der Waals surface area (Å²) in [5, 5.41) is 0. The van der Waals surface area contributed by atoms with E-state index in [9.17, 15) is 9.59 Å².